The Morgan fingerprint density at radius 1 is 1.19 bits per heavy atom. The van der Waals surface area contributed by atoms with Crippen molar-refractivity contribution >= 4 is 48.6 Å². The van der Waals surface area contributed by atoms with Crippen molar-refractivity contribution in [3.8, 4) is 0 Å². The number of sulfonamides is 1. The molecule has 1 saturated heterocycles. The number of aromatic nitrogens is 1. The fourth-order valence-corrected chi connectivity index (χ4v) is 6.10. The highest BCUT2D eigenvalue weighted by Gasteiger charge is 2.33. The predicted molar refractivity (Wildman–Crippen MR) is 122 cm³/mol. The van der Waals surface area contributed by atoms with E-state index in [1.54, 1.807) is 42.5 Å². The third-order valence-electron chi connectivity index (χ3n) is 5.45. The molecule has 2 aromatic carbocycles. The molecule has 1 fully saturated rings. The number of nitrogens with zero attached hydrogens (tertiary/aromatic N) is 2. The molecular weight excluding hydrogens is 450 g/mol. The summed E-state index contributed by atoms with van der Waals surface area (Å²) in [6, 6.07) is 11.7. The van der Waals surface area contributed by atoms with E-state index in [0.29, 0.717) is 35.6 Å². The highest BCUT2D eigenvalue weighted by atomic mass is 32.2. The molecule has 0 aliphatic carbocycles. The van der Waals surface area contributed by atoms with Crippen molar-refractivity contribution in [2.75, 3.05) is 25.5 Å². The second-order valence-electron chi connectivity index (χ2n) is 7.70. The number of piperidine rings is 1. The Balaban J connectivity index is 1.47. The molecule has 2 heterocycles. The van der Waals surface area contributed by atoms with Gasteiger partial charge in [-0.05, 0) is 50.1 Å². The number of amides is 1. The fraction of sp³-hybridized carbons (Fsp3) is 0.318. The number of hydrogen-bond donors (Lipinski definition) is 1. The molecule has 10 heteroatoms. The summed E-state index contributed by atoms with van der Waals surface area (Å²) in [6.07, 6.45) is 1.20. The van der Waals surface area contributed by atoms with Gasteiger partial charge in [0.05, 0.1) is 33.7 Å². The molecule has 8 nitrogen and oxygen atoms in total. The Morgan fingerprint density at radius 2 is 1.94 bits per heavy atom. The van der Waals surface area contributed by atoms with Crippen molar-refractivity contribution in [1.82, 2.24) is 9.29 Å². The zero-order valence-electron chi connectivity index (χ0n) is 17.7. The predicted octanol–water partition coefficient (Wildman–Crippen LogP) is 3.43. The summed E-state index contributed by atoms with van der Waals surface area (Å²) in [7, 11) is -2.34. The number of methoxy groups -OCH3 is 1. The molecule has 1 amide bonds. The summed E-state index contributed by atoms with van der Waals surface area (Å²) in [5, 5.41) is 3.22. The second kappa shape index (κ2) is 8.97. The van der Waals surface area contributed by atoms with Gasteiger partial charge in [-0.25, -0.2) is 18.2 Å². The van der Waals surface area contributed by atoms with Crippen LogP contribution in [0.15, 0.2) is 47.4 Å². The average molecular weight is 474 g/mol. The highest BCUT2D eigenvalue weighted by Crippen LogP contribution is 2.29. The van der Waals surface area contributed by atoms with Crippen molar-refractivity contribution in [1.29, 1.82) is 0 Å². The summed E-state index contributed by atoms with van der Waals surface area (Å²) in [5.74, 6) is -1.18. The van der Waals surface area contributed by atoms with Gasteiger partial charge in [0, 0.05) is 13.1 Å². The Kier molecular flexibility index (Phi) is 6.27. The molecule has 1 aromatic heterocycles. The molecule has 1 unspecified atom stereocenters. The van der Waals surface area contributed by atoms with E-state index in [-0.39, 0.29) is 17.3 Å². The summed E-state index contributed by atoms with van der Waals surface area (Å²) >= 11 is 1.25. The first-order valence-corrected chi connectivity index (χ1v) is 12.4. The topological polar surface area (TPSA) is 106 Å². The number of nitrogens with one attached hydrogen (secondary N) is 1. The van der Waals surface area contributed by atoms with Gasteiger partial charge < -0.3 is 10.1 Å². The number of ether oxygens (including phenoxy) is 1. The van der Waals surface area contributed by atoms with Crippen LogP contribution in [0.25, 0.3) is 10.2 Å². The van der Waals surface area contributed by atoms with E-state index in [1.807, 2.05) is 6.92 Å². The molecule has 0 bridgehead atoms. The standard InChI is InChI=1S/C22H23N3O5S2/c1-14-5-8-17(9-6-14)32(28,29)25-11-3-4-16(13-25)20(26)24-22-23-18-10-7-15(21(27)30-2)12-19(18)31-22/h5-10,12,16H,3-4,11,13H2,1-2H3,(H,23,24,26). The van der Waals surface area contributed by atoms with Gasteiger partial charge in [-0.3, -0.25) is 4.79 Å². The smallest absolute Gasteiger partial charge is 0.337 e. The van der Waals surface area contributed by atoms with Gasteiger partial charge in [0.1, 0.15) is 0 Å². The number of benzene rings is 2. The molecule has 1 atom stereocenters. The van der Waals surface area contributed by atoms with Crippen LogP contribution in [0, 0.1) is 12.8 Å². The molecule has 0 saturated carbocycles. The van der Waals surface area contributed by atoms with Gasteiger partial charge in [0.15, 0.2) is 5.13 Å². The largest absolute Gasteiger partial charge is 0.465 e. The van der Waals surface area contributed by atoms with Crippen LogP contribution in [-0.2, 0) is 19.6 Å². The van der Waals surface area contributed by atoms with Gasteiger partial charge in [-0.15, -0.1) is 0 Å². The minimum Gasteiger partial charge on any atom is -0.465 e. The molecule has 168 valence electrons. The second-order valence-corrected chi connectivity index (χ2v) is 10.7. The van der Waals surface area contributed by atoms with Gasteiger partial charge >= 0.3 is 5.97 Å². The number of fused-ring (bicyclic) bond motifs is 1. The van der Waals surface area contributed by atoms with Crippen molar-refractivity contribution in [3.05, 3.63) is 53.6 Å². The minimum absolute atomic E-state index is 0.124. The number of esters is 1. The molecular formula is C22H23N3O5S2. The quantitative estimate of drug-likeness (QED) is 0.569. The molecule has 1 N–H and O–H groups in total. The fourth-order valence-electron chi connectivity index (χ4n) is 3.66. The van der Waals surface area contributed by atoms with Crippen LogP contribution in [0.2, 0.25) is 0 Å². The zero-order valence-corrected chi connectivity index (χ0v) is 19.3. The maximum Gasteiger partial charge on any atom is 0.337 e. The molecule has 32 heavy (non-hydrogen) atoms. The number of rotatable bonds is 5. The van der Waals surface area contributed by atoms with E-state index in [4.69, 9.17) is 4.74 Å². The first-order valence-electron chi connectivity index (χ1n) is 10.1. The number of anilines is 1. The normalized spacial score (nSPS) is 17.2. The molecule has 3 aromatic rings. The molecule has 4 rings (SSSR count). The van der Waals surface area contributed by atoms with Gasteiger partial charge in [-0.2, -0.15) is 4.31 Å². The third-order valence-corrected chi connectivity index (χ3v) is 8.27. The Morgan fingerprint density at radius 3 is 2.66 bits per heavy atom. The first kappa shape index (κ1) is 22.4. The summed E-state index contributed by atoms with van der Waals surface area (Å²) in [6.45, 7) is 2.41. The SMILES string of the molecule is COC(=O)c1ccc2nc(NC(=O)C3CCCN(S(=O)(=O)c4ccc(C)cc4)C3)sc2c1. The lowest BCUT2D eigenvalue weighted by atomic mass is 9.99. The number of carbonyl (C=O) groups excluding carboxylic acids is 2. The number of thiazole rings is 1. The molecule has 0 spiro atoms. The Hall–Kier alpha value is -2.82. The van der Waals surface area contributed by atoms with Crippen LogP contribution < -0.4 is 5.32 Å². The minimum atomic E-state index is -3.66. The Labute approximate surface area is 190 Å². The summed E-state index contributed by atoms with van der Waals surface area (Å²) in [5.41, 5.74) is 2.05. The van der Waals surface area contributed by atoms with E-state index in [1.165, 1.54) is 22.8 Å². The zero-order chi connectivity index (χ0) is 22.9. The average Bonchev–Trinajstić information content (AvgIpc) is 3.20. The monoisotopic (exact) mass is 473 g/mol. The maximum atomic E-state index is 13.0. The summed E-state index contributed by atoms with van der Waals surface area (Å²) < 4.78 is 32.9. The van der Waals surface area contributed by atoms with E-state index in [2.05, 4.69) is 10.3 Å². The summed E-state index contributed by atoms with van der Waals surface area (Å²) in [4.78, 5) is 29.2. The van der Waals surface area contributed by atoms with Crippen LogP contribution >= 0.6 is 11.3 Å². The lowest BCUT2D eigenvalue weighted by Gasteiger charge is -2.31. The Bertz CT molecular complexity index is 1270. The van der Waals surface area contributed by atoms with E-state index < -0.39 is 21.9 Å². The number of carbonyl (C=O) groups is 2. The van der Waals surface area contributed by atoms with Crippen LogP contribution in [0.1, 0.15) is 28.8 Å². The van der Waals surface area contributed by atoms with Crippen LogP contribution in [0.3, 0.4) is 0 Å². The van der Waals surface area contributed by atoms with Crippen LogP contribution in [-0.4, -0.2) is 49.8 Å². The van der Waals surface area contributed by atoms with Crippen LogP contribution in [0.5, 0.6) is 0 Å². The third kappa shape index (κ3) is 4.52. The number of hydrogen-bond acceptors (Lipinski definition) is 7. The van der Waals surface area contributed by atoms with E-state index in [9.17, 15) is 18.0 Å². The van der Waals surface area contributed by atoms with Crippen LogP contribution in [0.4, 0.5) is 5.13 Å². The number of aryl methyl sites for hydroxylation is 1. The van der Waals surface area contributed by atoms with Gasteiger partial charge in [-0.1, -0.05) is 29.0 Å². The first-order chi connectivity index (χ1) is 15.3. The van der Waals surface area contributed by atoms with Gasteiger partial charge in [0.25, 0.3) is 0 Å². The van der Waals surface area contributed by atoms with Crippen molar-refractivity contribution in [3.63, 3.8) is 0 Å². The van der Waals surface area contributed by atoms with E-state index in [0.717, 1.165) is 10.3 Å². The maximum absolute atomic E-state index is 13.0. The molecule has 0 radical (unpaired) electrons. The van der Waals surface area contributed by atoms with Gasteiger partial charge in [0.2, 0.25) is 15.9 Å². The molecule has 1 aliphatic rings. The lowest BCUT2D eigenvalue weighted by molar-refractivity contribution is -0.120. The lowest BCUT2D eigenvalue weighted by Crippen LogP contribution is -2.43. The van der Waals surface area contributed by atoms with Crippen molar-refractivity contribution < 1.29 is 22.7 Å². The van der Waals surface area contributed by atoms with Crippen molar-refractivity contribution in [2.24, 2.45) is 5.92 Å². The van der Waals surface area contributed by atoms with Crippen molar-refractivity contribution in [2.45, 2.75) is 24.7 Å². The van der Waals surface area contributed by atoms with E-state index >= 15 is 0 Å². The highest BCUT2D eigenvalue weighted by molar-refractivity contribution is 7.89. The molecule has 1 aliphatic heterocycles.